The van der Waals surface area contributed by atoms with Gasteiger partial charge in [0.2, 0.25) is 17.7 Å². The molecule has 1 atom stereocenters. The fraction of sp³-hybridized carbons (Fsp3) is 0.286. The van der Waals surface area contributed by atoms with Gasteiger partial charge in [-0.2, -0.15) is 0 Å². The number of aromatic nitrogens is 2. The molecule has 1 N–H and O–H groups in total. The van der Waals surface area contributed by atoms with Crippen LogP contribution in [0.4, 0.5) is 0 Å². The smallest absolute Gasteiger partial charge is 0.247 e. The molecule has 0 spiro atoms. The number of carbonyl (C=O) groups excluding carboxylic acids is 1. The lowest BCUT2D eigenvalue weighted by molar-refractivity contribution is -0.121. The Labute approximate surface area is 153 Å². The zero-order valence-electron chi connectivity index (χ0n) is 15.1. The van der Waals surface area contributed by atoms with Crippen LogP contribution in [0, 0.1) is 6.92 Å². The summed E-state index contributed by atoms with van der Waals surface area (Å²) >= 11 is 0. The summed E-state index contributed by atoms with van der Waals surface area (Å²) in [6, 6.07) is 18.0. The van der Waals surface area contributed by atoms with E-state index in [-0.39, 0.29) is 11.8 Å². The maximum atomic E-state index is 12.1. The van der Waals surface area contributed by atoms with Crippen LogP contribution in [-0.4, -0.2) is 22.6 Å². The molecular weight excluding hydrogens is 326 g/mol. The predicted octanol–water partition coefficient (Wildman–Crippen LogP) is 3.90. The second kappa shape index (κ2) is 8.43. The van der Waals surface area contributed by atoms with E-state index in [9.17, 15) is 4.79 Å². The largest absolute Gasteiger partial charge is 0.421 e. The Balaban J connectivity index is 1.47. The van der Waals surface area contributed by atoms with Crippen LogP contribution in [0.25, 0.3) is 11.5 Å². The van der Waals surface area contributed by atoms with Gasteiger partial charge < -0.3 is 9.73 Å². The van der Waals surface area contributed by atoms with E-state index in [2.05, 4.69) is 34.6 Å². The third-order valence-electron chi connectivity index (χ3n) is 4.31. The molecule has 1 heterocycles. The van der Waals surface area contributed by atoms with Gasteiger partial charge in [-0.05, 0) is 30.5 Å². The first-order valence-electron chi connectivity index (χ1n) is 8.83. The van der Waals surface area contributed by atoms with Crippen LogP contribution in [0.2, 0.25) is 0 Å². The predicted molar refractivity (Wildman–Crippen MR) is 101 cm³/mol. The molecule has 0 unspecified atom stereocenters. The van der Waals surface area contributed by atoms with Crippen molar-refractivity contribution in [1.29, 1.82) is 0 Å². The Morgan fingerprint density at radius 2 is 1.81 bits per heavy atom. The summed E-state index contributed by atoms with van der Waals surface area (Å²) in [6.07, 6.45) is 0.765. The Hall–Kier alpha value is -2.95. The maximum absolute atomic E-state index is 12.1. The van der Waals surface area contributed by atoms with Crippen molar-refractivity contribution < 1.29 is 9.21 Å². The molecule has 5 heteroatoms. The van der Waals surface area contributed by atoms with E-state index < -0.39 is 0 Å². The maximum Gasteiger partial charge on any atom is 0.247 e. The van der Waals surface area contributed by atoms with Crippen LogP contribution in [0.3, 0.4) is 0 Å². The van der Waals surface area contributed by atoms with Crippen LogP contribution in [0.5, 0.6) is 0 Å². The molecule has 0 saturated heterocycles. The SMILES string of the molecule is Cc1ccc(-c2nnc(CCC(=O)NC[C@H](C)c3ccccc3)o2)cc1. The van der Waals surface area contributed by atoms with Crippen molar-refractivity contribution in [3.8, 4) is 11.5 Å². The van der Waals surface area contributed by atoms with Gasteiger partial charge in [-0.1, -0.05) is 55.0 Å². The standard InChI is InChI=1S/C21H23N3O2/c1-15-8-10-18(11-9-15)21-24-23-20(26-21)13-12-19(25)22-14-16(2)17-6-4-3-5-7-17/h3-11,16H,12-14H2,1-2H3,(H,22,25)/t16-/m0/s1. The summed E-state index contributed by atoms with van der Waals surface area (Å²) in [5.41, 5.74) is 3.28. The van der Waals surface area contributed by atoms with Gasteiger partial charge in [0.1, 0.15) is 0 Å². The van der Waals surface area contributed by atoms with Gasteiger partial charge in [-0.3, -0.25) is 4.79 Å². The van der Waals surface area contributed by atoms with Crippen molar-refractivity contribution in [2.24, 2.45) is 0 Å². The van der Waals surface area contributed by atoms with Gasteiger partial charge in [0.25, 0.3) is 0 Å². The zero-order valence-corrected chi connectivity index (χ0v) is 15.1. The highest BCUT2D eigenvalue weighted by molar-refractivity contribution is 5.76. The number of carbonyl (C=O) groups is 1. The van der Waals surface area contributed by atoms with E-state index in [1.807, 2.05) is 49.4 Å². The van der Waals surface area contributed by atoms with Crippen LogP contribution < -0.4 is 5.32 Å². The number of hydrogen-bond acceptors (Lipinski definition) is 4. The third-order valence-corrected chi connectivity index (χ3v) is 4.31. The second-order valence-electron chi connectivity index (χ2n) is 6.48. The first-order valence-corrected chi connectivity index (χ1v) is 8.83. The average molecular weight is 349 g/mol. The highest BCUT2D eigenvalue weighted by atomic mass is 16.4. The minimum atomic E-state index is -0.0112. The van der Waals surface area contributed by atoms with E-state index in [1.165, 1.54) is 11.1 Å². The first-order chi connectivity index (χ1) is 12.6. The lowest BCUT2D eigenvalue weighted by atomic mass is 10.0. The average Bonchev–Trinajstić information content (AvgIpc) is 3.14. The second-order valence-corrected chi connectivity index (χ2v) is 6.48. The number of benzene rings is 2. The van der Waals surface area contributed by atoms with Gasteiger partial charge in [-0.25, -0.2) is 0 Å². The molecule has 0 saturated carbocycles. The van der Waals surface area contributed by atoms with Gasteiger partial charge in [0.15, 0.2) is 0 Å². The molecule has 0 fully saturated rings. The number of hydrogen-bond donors (Lipinski definition) is 1. The third kappa shape index (κ3) is 4.79. The fourth-order valence-corrected chi connectivity index (χ4v) is 2.64. The van der Waals surface area contributed by atoms with E-state index in [4.69, 9.17) is 4.42 Å². The molecule has 1 amide bonds. The van der Waals surface area contributed by atoms with Crippen molar-refractivity contribution in [3.63, 3.8) is 0 Å². The van der Waals surface area contributed by atoms with Crippen LogP contribution in [0.15, 0.2) is 59.0 Å². The number of aryl methyl sites for hydroxylation is 2. The van der Waals surface area contributed by atoms with Crippen molar-refractivity contribution in [3.05, 3.63) is 71.6 Å². The summed E-state index contributed by atoms with van der Waals surface area (Å²) in [6.45, 7) is 4.74. The Kier molecular flexibility index (Phi) is 5.79. The molecule has 134 valence electrons. The van der Waals surface area contributed by atoms with Crippen molar-refractivity contribution in [2.75, 3.05) is 6.54 Å². The summed E-state index contributed by atoms with van der Waals surface area (Å²) in [4.78, 5) is 12.1. The van der Waals surface area contributed by atoms with E-state index >= 15 is 0 Å². The van der Waals surface area contributed by atoms with E-state index in [0.29, 0.717) is 31.2 Å². The lowest BCUT2D eigenvalue weighted by Crippen LogP contribution is -2.27. The number of nitrogens with zero attached hydrogens (tertiary/aromatic N) is 2. The van der Waals surface area contributed by atoms with Crippen LogP contribution in [0.1, 0.15) is 36.3 Å². The first kappa shape index (κ1) is 17.9. The van der Waals surface area contributed by atoms with Crippen molar-refractivity contribution >= 4 is 5.91 Å². The topological polar surface area (TPSA) is 68.0 Å². The molecule has 0 bridgehead atoms. The summed E-state index contributed by atoms with van der Waals surface area (Å²) in [7, 11) is 0. The fourth-order valence-electron chi connectivity index (χ4n) is 2.64. The normalized spacial score (nSPS) is 11.9. The molecule has 2 aromatic carbocycles. The Morgan fingerprint density at radius 3 is 2.54 bits per heavy atom. The number of amides is 1. The Bertz CT molecular complexity index is 841. The molecule has 0 aliphatic carbocycles. The molecule has 1 aromatic heterocycles. The van der Waals surface area contributed by atoms with Gasteiger partial charge >= 0.3 is 0 Å². The van der Waals surface area contributed by atoms with Crippen molar-refractivity contribution in [1.82, 2.24) is 15.5 Å². The minimum absolute atomic E-state index is 0.0112. The van der Waals surface area contributed by atoms with E-state index in [0.717, 1.165) is 5.56 Å². The molecular formula is C21H23N3O2. The van der Waals surface area contributed by atoms with Gasteiger partial charge in [-0.15, -0.1) is 10.2 Å². The molecule has 26 heavy (non-hydrogen) atoms. The molecule has 0 aliphatic heterocycles. The Morgan fingerprint density at radius 1 is 1.08 bits per heavy atom. The molecule has 0 aliphatic rings. The quantitative estimate of drug-likeness (QED) is 0.702. The van der Waals surface area contributed by atoms with Gasteiger partial charge in [0.05, 0.1) is 0 Å². The summed E-state index contributed by atoms with van der Waals surface area (Å²) in [5.74, 6) is 1.23. The van der Waals surface area contributed by atoms with E-state index in [1.54, 1.807) is 0 Å². The number of rotatable bonds is 7. The summed E-state index contributed by atoms with van der Waals surface area (Å²) in [5, 5.41) is 11.1. The number of nitrogens with one attached hydrogen (secondary N) is 1. The molecule has 3 rings (SSSR count). The minimum Gasteiger partial charge on any atom is -0.421 e. The highest BCUT2D eigenvalue weighted by Gasteiger charge is 2.11. The zero-order chi connectivity index (χ0) is 18.4. The van der Waals surface area contributed by atoms with Crippen molar-refractivity contribution in [2.45, 2.75) is 32.6 Å². The molecule has 0 radical (unpaired) electrons. The summed E-state index contributed by atoms with van der Waals surface area (Å²) < 4.78 is 5.65. The van der Waals surface area contributed by atoms with Gasteiger partial charge in [0, 0.05) is 24.9 Å². The molecule has 5 nitrogen and oxygen atoms in total. The van der Waals surface area contributed by atoms with Crippen LogP contribution >= 0.6 is 0 Å². The van der Waals surface area contributed by atoms with Crippen LogP contribution in [-0.2, 0) is 11.2 Å². The highest BCUT2D eigenvalue weighted by Crippen LogP contribution is 2.18. The monoisotopic (exact) mass is 349 g/mol. The lowest BCUT2D eigenvalue weighted by Gasteiger charge is -2.12. The molecule has 3 aromatic rings.